The van der Waals surface area contributed by atoms with Crippen LogP contribution in [0.4, 0.5) is 5.69 Å². The van der Waals surface area contributed by atoms with Crippen molar-refractivity contribution in [1.29, 1.82) is 0 Å². The zero-order valence-electron chi connectivity index (χ0n) is 12.5. The van der Waals surface area contributed by atoms with Gasteiger partial charge in [0, 0.05) is 23.9 Å². The number of hydrogen-bond donors (Lipinski definition) is 1. The molecule has 0 unspecified atom stereocenters. The van der Waals surface area contributed by atoms with Crippen LogP contribution in [-0.2, 0) is 6.54 Å². The normalized spacial score (nSPS) is 10.8. The quantitative estimate of drug-likeness (QED) is 0.735. The average Bonchev–Trinajstić information content (AvgIpc) is 2.42. The van der Waals surface area contributed by atoms with Gasteiger partial charge in [-0.05, 0) is 25.6 Å². The van der Waals surface area contributed by atoms with E-state index < -0.39 is 0 Å². The van der Waals surface area contributed by atoms with E-state index in [1.807, 2.05) is 6.07 Å². The maximum atomic E-state index is 5.92. The molecule has 1 aromatic rings. The number of benzene rings is 1. The van der Waals surface area contributed by atoms with Gasteiger partial charge in [0.15, 0.2) is 11.5 Å². The second-order valence-corrected chi connectivity index (χ2v) is 4.64. The summed E-state index contributed by atoms with van der Waals surface area (Å²) < 4.78 is 10.8. The summed E-state index contributed by atoms with van der Waals surface area (Å²) in [5, 5.41) is 0. The lowest BCUT2D eigenvalue weighted by Crippen LogP contribution is -2.24. The van der Waals surface area contributed by atoms with Crippen molar-refractivity contribution in [3.05, 3.63) is 17.7 Å². The molecule has 0 fully saturated rings. The first kappa shape index (κ1) is 15.6. The van der Waals surface area contributed by atoms with Crippen molar-refractivity contribution in [2.24, 2.45) is 0 Å². The zero-order chi connectivity index (χ0) is 14.3. The highest BCUT2D eigenvalue weighted by atomic mass is 16.5. The molecule has 0 heterocycles. The molecule has 108 valence electrons. The van der Waals surface area contributed by atoms with Crippen LogP contribution in [0.3, 0.4) is 0 Å². The van der Waals surface area contributed by atoms with Gasteiger partial charge < -0.3 is 15.2 Å². The second-order valence-electron chi connectivity index (χ2n) is 4.64. The molecule has 0 aromatic heterocycles. The monoisotopic (exact) mass is 266 g/mol. The summed E-state index contributed by atoms with van der Waals surface area (Å²) in [4.78, 5) is 2.39. The standard InChI is InChI=1S/C15H26N2O2/c1-5-7-8-17(6-2)11-12-9-13(16)10-14(18-3)15(12)19-4/h9-10H,5-8,11,16H2,1-4H3. The molecule has 2 N–H and O–H groups in total. The highest BCUT2D eigenvalue weighted by Crippen LogP contribution is 2.34. The number of ether oxygens (including phenoxy) is 2. The summed E-state index contributed by atoms with van der Waals surface area (Å²) in [6.45, 7) is 7.32. The number of methoxy groups -OCH3 is 2. The number of unbranched alkanes of at least 4 members (excludes halogenated alkanes) is 1. The van der Waals surface area contributed by atoms with Crippen LogP contribution >= 0.6 is 0 Å². The Bertz CT molecular complexity index is 394. The number of nitrogens with two attached hydrogens (primary N) is 1. The third kappa shape index (κ3) is 4.31. The van der Waals surface area contributed by atoms with Crippen LogP contribution in [0.25, 0.3) is 0 Å². The minimum atomic E-state index is 0.698. The van der Waals surface area contributed by atoms with Crippen molar-refractivity contribution in [2.75, 3.05) is 33.0 Å². The zero-order valence-corrected chi connectivity index (χ0v) is 12.5. The molecule has 0 bridgehead atoms. The second kappa shape index (κ2) is 7.89. The molecule has 0 aliphatic heterocycles. The lowest BCUT2D eigenvalue weighted by molar-refractivity contribution is 0.268. The van der Waals surface area contributed by atoms with Crippen molar-refractivity contribution in [3.63, 3.8) is 0 Å². The van der Waals surface area contributed by atoms with E-state index in [-0.39, 0.29) is 0 Å². The van der Waals surface area contributed by atoms with Gasteiger partial charge in [0.05, 0.1) is 14.2 Å². The summed E-state index contributed by atoms with van der Waals surface area (Å²) in [5.74, 6) is 1.48. The fourth-order valence-electron chi connectivity index (χ4n) is 2.16. The molecule has 0 radical (unpaired) electrons. The van der Waals surface area contributed by atoms with Crippen LogP contribution in [0.2, 0.25) is 0 Å². The van der Waals surface area contributed by atoms with Crippen molar-refractivity contribution >= 4 is 5.69 Å². The largest absolute Gasteiger partial charge is 0.493 e. The van der Waals surface area contributed by atoms with Gasteiger partial charge in [-0.25, -0.2) is 0 Å². The molecule has 1 rings (SSSR count). The Morgan fingerprint density at radius 2 is 1.89 bits per heavy atom. The van der Waals surface area contributed by atoms with Crippen LogP contribution in [-0.4, -0.2) is 32.2 Å². The van der Waals surface area contributed by atoms with Crippen molar-refractivity contribution < 1.29 is 9.47 Å². The van der Waals surface area contributed by atoms with Crippen LogP contribution < -0.4 is 15.2 Å². The summed E-state index contributed by atoms with van der Waals surface area (Å²) in [7, 11) is 3.30. The Morgan fingerprint density at radius 1 is 1.16 bits per heavy atom. The lowest BCUT2D eigenvalue weighted by Gasteiger charge is -2.22. The van der Waals surface area contributed by atoms with Gasteiger partial charge in [-0.3, -0.25) is 4.90 Å². The fraction of sp³-hybridized carbons (Fsp3) is 0.600. The Hall–Kier alpha value is -1.42. The molecule has 0 spiro atoms. The number of nitrogen functional groups attached to an aromatic ring is 1. The first-order chi connectivity index (χ1) is 9.15. The Kier molecular flexibility index (Phi) is 6.50. The highest BCUT2D eigenvalue weighted by molar-refractivity contribution is 5.57. The Labute approximate surface area is 116 Å². The number of hydrogen-bond acceptors (Lipinski definition) is 4. The molecule has 0 saturated heterocycles. The lowest BCUT2D eigenvalue weighted by atomic mass is 10.1. The molecule has 0 aliphatic rings. The molecule has 1 aromatic carbocycles. The van der Waals surface area contributed by atoms with E-state index in [0.29, 0.717) is 11.4 Å². The molecule has 0 saturated carbocycles. The maximum Gasteiger partial charge on any atom is 0.165 e. The molecule has 0 atom stereocenters. The molecule has 0 amide bonds. The molecule has 4 nitrogen and oxygen atoms in total. The first-order valence-electron chi connectivity index (χ1n) is 6.88. The van der Waals surface area contributed by atoms with E-state index in [2.05, 4.69) is 18.7 Å². The summed E-state index contributed by atoms with van der Waals surface area (Å²) in [5.41, 5.74) is 7.71. The molecular formula is C15H26N2O2. The average molecular weight is 266 g/mol. The predicted octanol–water partition coefficient (Wildman–Crippen LogP) is 2.91. The first-order valence-corrected chi connectivity index (χ1v) is 6.88. The molecule has 0 aliphatic carbocycles. The molecular weight excluding hydrogens is 240 g/mol. The minimum absolute atomic E-state index is 0.698. The van der Waals surface area contributed by atoms with Gasteiger partial charge in [-0.1, -0.05) is 20.3 Å². The highest BCUT2D eigenvalue weighted by Gasteiger charge is 2.14. The van der Waals surface area contributed by atoms with Gasteiger partial charge in [0.25, 0.3) is 0 Å². The van der Waals surface area contributed by atoms with E-state index in [9.17, 15) is 0 Å². The number of rotatable bonds is 8. The van der Waals surface area contributed by atoms with Crippen LogP contribution in [0.1, 0.15) is 32.3 Å². The third-order valence-electron chi connectivity index (χ3n) is 3.25. The topological polar surface area (TPSA) is 47.7 Å². The van der Waals surface area contributed by atoms with Crippen molar-refractivity contribution in [1.82, 2.24) is 4.90 Å². The predicted molar refractivity (Wildman–Crippen MR) is 79.8 cm³/mol. The minimum Gasteiger partial charge on any atom is -0.493 e. The van der Waals surface area contributed by atoms with Gasteiger partial charge in [-0.15, -0.1) is 0 Å². The van der Waals surface area contributed by atoms with Crippen LogP contribution in [0, 0.1) is 0 Å². The molecule has 19 heavy (non-hydrogen) atoms. The smallest absolute Gasteiger partial charge is 0.165 e. The van der Waals surface area contributed by atoms with E-state index >= 15 is 0 Å². The van der Waals surface area contributed by atoms with E-state index in [4.69, 9.17) is 15.2 Å². The van der Waals surface area contributed by atoms with Crippen LogP contribution in [0.15, 0.2) is 12.1 Å². The SMILES string of the molecule is CCCCN(CC)Cc1cc(N)cc(OC)c1OC. The fourth-order valence-corrected chi connectivity index (χ4v) is 2.16. The van der Waals surface area contributed by atoms with Crippen molar-refractivity contribution in [3.8, 4) is 11.5 Å². The third-order valence-corrected chi connectivity index (χ3v) is 3.25. The summed E-state index contributed by atoms with van der Waals surface area (Å²) >= 11 is 0. The Morgan fingerprint density at radius 3 is 2.42 bits per heavy atom. The molecule has 4 heteroatoms. The van der Waals surface area contributed by atoms with Gasteiger partial charge in [0.2, 0.25) is 0 Å². The maximum absolute atomic E-state index is 5.92. The van der Waals surface area contributed by atoms with Gasteiger partial charge in [0.1, 0.15) is 0 Å². The number of anilines is 1. The summed E-state index contributed by atoms with van der Waals surface area (Å²) in [6, 6.07) is 3.76. The Balaban J connectivity index is 2.94. The van der Waals surface area contributed by atoms with E-state index in [1.165, 1.54) is 12.8 Å². The number of nitrogens with zero attached hydrogens (tertiary/aromatic N) is 1. The summed E-state index contributed by atoms with van der Waals surface area (Å²) in [6.07, 6.45) is 2.41. The van der Waals surface area contributed by atoms with Crippen LogP contribution in [0.5, 0.6) is 11.5 Å². The van der Waals surface area contributed by atoms with Crippen molar-refractivity contribution in [2.45, 2.75) is 33.2 Å². The van der Waals surface area contributed by atoms with Gasteiger partial charge in [-0.2, -0.15) is 0 Å². The van der Waals surface area contributed by atoms with E-state index in [0.717, 1.165) is 30.9 Å². The van der Waals surface area contributed by atoms with Gasteiger partial charge >= 0.3 is 0 Å². The van der Waals surface area contributed by atoms with E-state index in [1.54, 1.807) is 20.3 Å².